The summed E-state index contributed by atoms with van der Waals surface area (Å²) in [6.45, 7) is 7.93. The molecule has 0 amide bonds. The van der Waals surface area contributed by atoms with Crippen LogP contribution in [0.3, 0.4) is 0 Å². The summed E-state index contributed by atoms with van der Waals surface area (Å²) in [5.41, 5.74) is 1.73. The van der Waals surface area contributed by atoms with Crippen LogP contribution in [0.2, 0.25) is 0 Å². The summed E-state index contributed by atoms with van der Waals surface area (Å²) in [4.78, 5) is 4.17. The summed E-state index contributed by atoms with van der Waals surface area (Å²) < 4.78 is 5.65. The SMILES string of the molecule is Cc1ncccc1Oc1ccc(CNCC(C)C)nn1. The summed E-state index contributed by atoms with van der Waals surface area (Å²) in [7, 11) is 0. The smallest absolute Gasteiger partial charge is 0.238 e. The predicted octanol–water partition coefficient (Wildman–Crippen LogP) is 2.72. The quantitative estimate of drug-likeness (QED) is 0.876. The lowest BCUT2D eigenvalue weighted by molar-refractivity contribution is 0.446. The minimum Gasteiger partial charge on any atom is -0.436 e. The zero-order valence-corrected chi connectivity index (χ0v) is 12.1. The van der Waals surface area contributed by atoms with E-state index in [1.807, 2.05) is 31.2 Å². The van der Waals surface area contributed by atoms with Gasteiger partial charge in [0, 0.05) is 18.8 Å². The van der Waals surface area contributed by atoms with E-state index in [4.69, 9.17) is 4.74 Å². The van der Waals surface area contributed by atoms with Gasteiger partial charge in [-0.05, 0) is 37.6 Å². The molecule has 0 atom stereocenters. The second-order valence-electron chi connectivity index (χ2n) is 5.08. The molecule has 2 aromatic heterocycles. The Morgan fingerprint density at radius 1 is 1.20 bits per heavy atom. The van der Waals surface area contributed by atoms with E-state index in [1.165, 1.54) is 0 Å². The van der Waals surface area contributed by atoms with Crippen molar-refractivity contribution in [3.63, 3.8) is 0 Å². The molecule has 2 rings (SSSR count). The van der Waals surface area contributed by atoms with Crippen LogP contribution in [-0.4, -0.2) is 21.7 Å². The summed E-state index contributed by atoms with van der Waals surface area (Å²) in [5.74, 6) is 1.81. The van der Waals surface area contributed by atoms with Crippen molar-refractivity contribution >= 4 is 0 Å². The molecule has 2 aromatic rings. The van der Waals surface area contributed by atoms with Crippen LogP contribution in [-0.2, 0) is 6.54 Å². The molecule has 0 radical (unpaired) electrons. The number of pyridine rings is 1. The molecule has 0 aliphatic heterocycles. The molecule has 1 N–H and O–H groups in total. The maximum Gasteiger partial charge on any atom is 0.238 e. The van der Waals surface area contributed by atoms with Crippen LogP contribution in [0.25, 0.3) is 0 Å². The summed E-state index contributed by atoms with van der Waals surface area (Å²) in [6, 6.07) is 7.44. The van der Waals surface area contributed by atoms with Gasteiger partial charge < -0.3 is 10.1 Å². The molecular formula is C15H20N4O. The van der Waals surface area contributed by atoms with Gasteiger partial charge in [-0.3, -0.25) is 4.98 Å². The van der Waals surface area contributed by atoms with Crippen LogP contribution in [0.4, 0.5) is 0 Å². The van der Waals surface area contributed by atoms with Crippen molar-refractivity contribution in [3.8, 4) is 11.6 Å². The van der Waals surface area contributed by atoms with Crippen LogP contribution >= 0.6 is 0 Å². The molecule has 0 bridgehead atoms. The minimum absolute atomic E-state index is 0.480. The molecule has 0 aliphatic rings. The highest BCUT2D eigenvalue weighted by Gasteiger charge is 2.04. The first-order chi connectivity index (χ1) is 9.65. The average molecular weight is 272 g/mol. The number of aromatic nitrogens is 3. The third-order valence-electron chi connectivity index (χ3n) is 2.73. The third-order valence-corrected chi connectivity index (χ3v) is 2.73. The van der Waals surface area contributed by atoms with Gasteiger partial charge in [0.1, 0.15) is 0 Å². The Labute approximate surface area is 119 Å². The van der Waals surface area contributed by atoms with Crippen molar-refractivity contribution in [2.24, 2.45) is 5.92 Å². The van der Waals surface area contributed by atoms with Crippen molar-refractivity contribution in [2.75, 3.05) is 6.54 Å². The van der Waals surface area contributed by atoms with E-state index in [9.17, 15) is 0 Å². The molecule has 0 spiro atoms. The molecule has 20 heavy (non-hydrogen) atoms. The lowest BCUT2D eigenvalue weighted by atomic mass is 10.2. The molecule has 5 nitrogen and oxygen atoms in total. The number of nitrogens with zero attached hydrogens (tertiary/aromatic N) is 3. The molecule has 0 saturated carbocycles. The van der Waals surface area contributed by atoms with E-state index in [0.717, 1.165) is 24.5 Å². The van der Waals surface area contributed by atoms with Gasteiger partial charge in [-0.1, -0.05) is 13.8 Å². The fraction of sp³-hybridized carbons (Fsp3) is 0.400. The normalized spacial score (nSPS) is 10.8. The van der Waals surface area contributed by atoms with E-state index in [2.05, 4.69) is 34.3 Å². The molecule has 5 heteroatoms. The van der Waals surface area contributed by atoms with Crippen LogP contribution in [0, 0.1) is 12.8 Å². The van der Waals surface area contributed by atoms with Crippen molar-refractivity contribution in [1.82, 2.24) is 20.5 Å². The van der Waals surface area contributed by atoms with Gasteiger partial charge in [-0.2, -0.15) is 5.10 Å². The second-order valence-corrected chi connectivity index (χ2v) is 5.08. The standard InChI is InChI=1S/C15H20N4O/c1-11(2)9-16-10-13-6-7-15(19-18-13)20-14-5-4-8-17-12(14)3/h4-8,11,16H,9-10H2,1-3H3. The van der Waals surface area contributed by atoms with Gasteiger partial charge in [0.15, 0.2) is 5.75 Å². The van der Waals surface area contributed by atoms with Crippen molar-refractivity contribution in [3.05, 3.63) is 41.9 Å². The molecule has 0 fully saturated rings. The Morgan fingerprint density at radius 2 is 2.05 bits per heavy atom. The number of hydrogen-bond donors (Lipinski definition) is 1. The molecule has 0 saturated heterocycles. The van der Waals surface area contributed by atoms with E-state index < -0.39 is 0 Å². The lowest BCUT2D eigenvalue weighted by Gasteiger charge is -2.08. The van der Waals surface area contributed by atoms with Crippen molar-refractivity contribution < 1.29 is 4.74 Å². The molecular weight excluding hydrogens is 252 g/mol. The van der Waals surface area contributed by atoms with Crippen LogP contribution in [0.5, 0.6) is 11.6 Å². The summed E-state index contributed by atoms with van der Waals surface area (Å²) in [6.07, 6.45) is 1.73. The lowest BCUT2D eigenvalue weighted by Crippen LogP contribution is -2.19. The van der Waals surface area contributed by atoms with Crippen LogP contribution in [0.1, 0.15) is 25.2 Å². The Bertz CT molecular complexity index is 540. The Morgan fingerprint density at radius 3 is 2.70 bits per heavy atom. The number of ether oxygens (including phenoxy) is 1. The van der Waals surface area contributed by atoms with Gasteiger partial charge in [0.2, 0.25) is 5.88 Å². The zero-order valence-electron chi connectivity index (χ0n) is 12.1. The van der Waals surface area contributed by atoms with Gasteiger partial charge in [0.25, 0.3) is 0 Å². The van der Waals surface area contributed by atoms with E-state index >= 15 is 0 Å². The molecule has 106 valence electrons. The molecule has 0 aromatic carbocycles. The second kappa shape index (κ2) is 6.96. The monoisotopic (exact) mass is 272 g/mol. The predicted molar refractivity (Wildman–Crippen MR) is 77.6 cm³/mol. The van der Waals surface area contributed by atoms with E-state index in [-0.39, 0.29) is 0 Å². The van der Waals surface area contributed by atoms with Crippen molar-refractivity contribution in [2.45, 2.75) is 27.3 Å². The topological polar surface area (TPSA) is 59.9 Å². The fourth-order valence-corrected chi connectivity index (χ4v) is 1.68. The zero-order chi connectivity index (χ0) is 14.4. The minimum atomic E-state index is 0.480. The fourth-order valence-electron chi connectivity index (χ4n) is 1.68. The average Bonchev–Trinajstić information content (AvgIpc) is 2.43. The van der Waals surface area contributed by atoms with Crippen molar-refractivity contribution in [1.29, 1.82) is 0 Å². The molecule has 0 unspecified atom stereocenters. The summed E-state index contributed by atoms with van der Waals surface area (Å²) >= 11 is 0. The number of hydrogen-bond acceptors (Lipinski definition) is 5. The highest BCUT2D eigenvalue weighted by atomic mass is 16.5. The first-order valence-electron chi connectivity index (χ1n) is 6.78. The number of nitrogens with one attached hydrogen (secondary N) is 1. The largest absolute Gasteiger partial charge is 0.436 e. The highest BCUT2D eigenvalue weighted by Crippen LogP contribution is 2.20. The van der Waals surface area contributed by atoms with E-state index in [0.29, 0.717) is 17.5 Å². The Balaban J connectivity index is 1.93. The Kier molecular flexibility index (Phi) is 5.01. The third kappa shape index (κ3) is 4.28. The maximum atomic E-state index is 5.65. The molecule has 0 aliphatic carbocycles. The van der Waals surface area contributed by atoms with Crippen LogP contribution < -0.4 is 10.1 Å². The first-order valence-corrected chi connectivity index (χ1v) is 6.78. The number of rotatable bonds is 6. The van der Waals surface area contributed by atoms with E-state index in [1.54, 1.807) is 6.20 Å². The number of aryl methyl sites for hydroxylation is 1. The van der Waals surface area contributed by atoms with Gasteiger partial charge in [-0.15, -0.1) is 5.10 Å². The summed E-state index contributed by atoms with van der Waals surface area (Å²) in [5, 5.41) is 11.5. The Hall–Kier alpha value is -2.01. The van der Waals surface area contributed by atoms with Crippen LogP contribution in [0.15, 0.2) is 30.5 Å². The van der Waals surface area contributed by atoms with Gasteiger partial charge in [-0.25, -0.2) is 0 Å². The maximum absolute atomic E-state index is 5.65. The highest BCUT2D eigenvalue weighted by molar-refractivity contribution is 5.29. The molecule has 2 heterocycles. The van der Waals surface area contributed by atoms with Gasteiger partial charge in [0.05, 0.1) is 11.4 Å². The first kappa shape index (κ1) is 14.4. The van der Waals surface area contributed by atoms with Gasteiger partial charge >= 0.3 is 0 Å².